The number of hydrogen-bond donors (Lipinski definition) is 0. The van der Waals surface area contributed by atoms with Crippen LogP contribution in [0.2, 0.25) is 0 Å². The van der Waals surface area contributed by atoms with E-state index in [1.807, 2.05) is 11.3 Å². The van der Waals surface area contributed by atoms with E-state index < -0.39 is 0 Å². The average molecular weight is 796 g/mol. The molecule has 0 fully saturated rings. The Kier molecular flexibility index (Phi) is 8.39. The van der Waals surface area contributed by atoms with Crippen LogP contribution in [-0.2, 0) is 0 Å². The van der Waals surface area contributed by atoms with Crippen molar-refractivity contribution in [3.8, 4) is 44.5 Å². The second-order valence-corrected chi connectivity index (χ2v) is 16.7. The first-order chi connectivity index (χ1) is 30.2. The van der Waals surface area contributed by atoms with Crippen LogP contribution in [0.4, 0.5) is 17.1 Å². The molecule has 286 valence electrons. The largest absolute Gasteiger partial charge is 0.455 e. The predicted octanol–water partition coefficient (Wildman–Crippen LogP) is 17.2. The smallest absolute Gasteiger partial charge is 0.143 e. The molecule has 0 aliphatic rings. The molecular weight excluding hydrogens is 759 g/mol. The quantitative estimate of drug-likeness (QED) is 0.160. The lowest BCUT2D eigenvalue weighted by molar-refractivity contribution is 0.673. The minimum absolute atomic E-state index is 0.898. The lowest BCUT2D eigenvalue weighted by Crippen LogP contribution is -2.09. The number of fused-ring (bicyclic) bond motifs is 8. The summed E-state index contributed by atoms with van der Waals surface area (Å²) in [4.78, 5) is 2.36. The van der Waals surface area contributed by atoms with Gasteiger partial charge in [0.2, 0.25) is 0 Å². The maximum absolute atomic E-state index is 6.55. The van der Waals surface area contributed by atoms with E-state index >= 15 is 0 Å². The van der Waals surface area contributed by atoms with E-state index in [1.54, 1.807) is 0 Å². The molecule has 0 saturated carbocycles. The SMILES string of the molecule is c1ccc(-c2cccc(-c3ccc(N(c4ccc(-c5cccc6oc7c8ccccc8ccc7c56)cc4)c4ccc(-c5cccc6sc7ccccc7c56)cc4)cc3)c2)cc1. The van der Waals surface area contributed by atoms with Gasteiger partial charge < -0.3 is 9.32 Å². The van der Waals surface area contributed by atoms with Crippen LogP contribution >= 0.6 is 11.3 Å². The van der Waals surface area contributed by atoms with Crippen LogP contribution in [-0.4, -0.2) is 0 Å². The fourth-order valence-corrected chi connectivity index (χ4v) is 10.3. The van der Waals surface area contributed by atoms with Gasteiger partial charge in [0.15, 0.2) is 0 Å². The van der Waals surface area contributed by atoms with Gasteiger partial charge in [0.05, 0.1) is 0 Å². The number of nitrogens with zero attached hydrogens (tertiary/aromatic N) is 1. The van der Waals surface area contributed by atoms with Crippen molar-refractivity contribution in [3.63, 3.8) is 0 Å². The van der Waals surface area contributed by atoms with E-state index in [9.17, 15) is 0 Å². The summed E-state index contributed by atoms with van der Waals surface area (Å²) in [7, 11) is 0. The van der Waals surface area contributed by atoms with Crippen molar-refractivity contribution in [1.82, 2.24) is 0 Å². The van der Waals surface area contributed by atoms with Gasteiger partial charge in [-0.15, -0.1) is 11.3 Å². The molecule has 0 unspecified atom stereocenters. The summed E-state index contributed by atoms with van der Waals surface area (Å²) in [5.74, 6) is 0. The molecule has 0 radical (unpaired) electrons. The molecule has 0 atom stereocenters. The van der Waals surface area contributed by atoms with Gasteiger partial charge in [-0.1, -0.05) is 158 Å². The summed E-state index contributed by atoms with van der Waals surface area (Å²) in [6, 6.07) is 81.1. The van der Waals surface area contributed by atoms with Gasteiger partial charge in [-0.25, -0.2) is 0 Å². The average Bonchev–Trinajstić information content (AvgIpc) is 3.92. The Morgan fingerprint density at radius 1 is 0.328 bits per heavy atom. The van der Waals surface area contributed by atoms with Gasteiger partial charge >= 0.3 is 0 Å². The van der Waals surface area contributed by atoms with Crippen molar-refractivity contribution in [2.45, 2.75) is 0 Å². The summed E-state index contributed by atoms with van der Waals surface area (Å²) in [5.41, 5.74) is 14.7. The molecule has 2 nitrogen and oxygen atoms in total. The number of anilines is 3. The molecule has 0 N–H and O–H groups in total. The highest BCUT2D eigenvalue weighted by atomic mass is 32.1. The van der Waals surface area contributed by atoms with Crippen LogP contribution in [0.15, 0.2) is 229 Å². The first-order valence-electron chi connectivity index (χ1n) is 20.7. The highest BCUT2D eigenvalue weighted by Crippen LogP contribution is 2.44. The minimum atomic E-state index is 0.898. The van der Waals surface area contributed by atoms with Crippen LogP contribution in [0.25, 0.3) is 97.4 Å². The highest BCUT2D eigenvalue weighted by Gasteiger charge is 2.18. The summed E-state index contributed by atoms with van der Waals surface area (Å²) in [6.45, 7) is 0. The third-order valence-corrected chi connectivity index (χ3v) is 13.2. The van der Waals surface area contributed by atoms with Crippen LogP contribution in [0.3, 0.4) is 0 Å². The Morgan fingerprint density at radius 3 is 1.56 bits per heavy atom. The molecule has 0 spiro atoms. The molecule has 12 rings (SSSR count). The number of rotatable bonds is 7. The summed E-state index contributed by atoms with van der Waals surface area (Å²) < 4.78 is 9.18. The van der Waals surface area contributed by atoms with Crippen LogP contribution in [0.5, 0.6) is 0 Å². The normalized spacial score (nSPS) is 11.6. The Balaban J connectivity index is 0.949. The van der Waals surface area contributed by atoms with Crippen molar-refractivity contribution in [3.05, 3.63) is 224 Å². The molecule has 3 heteroatoms. The zero-order valence-corrected chi connectivity index (χ0v) is 33.9. The van der Waals surface area contributed by atoms with E-state index in [1.165, 1.54) is 58.9 Å². The molecule has 2 aromatic heterocycles. The topological polar surface area (TPSA) is 16.4 Å². The van der Waals surface area contributed by atoms with Gasteiger partial charge in [0, 0.05) is 53.4 Å². The lowest BCUT2D eigenvalue weighted by atomic mass is 9.97. The van der Waals surface area contributed by atoms with Crippen molar-refractivity contribution in [2.24, 2.45) is 0 Å². The maximum atomic E-state index is 6.55. The van der Waals surface area contributed by atoms with Crippen molar-refractivity contribution < 1.29 is 4.42 Å². The van der Waals surface area contributed by atoms with E-state index in [0.29, 0.717) is 0 Å². The minimum Gasteiger partial charge on any atom is -0.455 e. The third kappa shape index (κ3) is 6.09. The molecule has 0 bridgehead atoms. The molecule has 10 aromatic carbocycles. The Bertz CT molecular complexity index is 3560. The van der Waals surface area contributed by atoms with Crippen LogP contribution in [0, 0.1) is 0 Å². The summed E-state index contributed by atoms with van der Waals surface area (Å²) >= 11 is 1.86. The van der Waals surface area contributed by atoms with Crippen molar-refractivity contribution >= 4 is 81.3 Å². The monoisotopic (exact) mass is 795 g/mol. The summed E-state index contributed by atoms with van der Waals surface area (Å²) in [6.07, 6.45) is 0. The zero-order valence-electron chi connectivity index (χ0n) is 33.1. The number of thiophene rings is 1. The molecule has 12 aromatic rings. The van der Waals surface area contributed by atoms with E-state index in [-0.39, 0.29) is 0 Å². The van der Waals surface area contributed by atoms with Crippen LogP contribution in [0.1, 0.15) is 0 Å². The zero-order chi connectivity index (χ0) is 40.3. The Labute approximate surface area is 357 Å². The number of furan rings is 1. The molecule has 61 heavy (non-hydrogen) atoms. The molecule has 0 aliphatic heterocycles. The van der Waals surface area contributed by atoms with Gasteiger partial charge in [0.1, 0.15) is 11.2 Å². The molecule has 0 saturated heterocycles. The Hall–Kier alpha value is -7.72. The molecule has 0 amide bonds. The number of hydrogen-bond acceptors (Lipinski definition) is 3. The van der Waals surface area contributed by atoms with E-state index in [4.69, 9.17) is 4.42 Å². The predicted molar refractivity (Wildman–Crippen MR) is 261 cm³/mol. The standard InChI is InChI=1S/C58H37NOS/c1-2-11-38(12-3-1)43-14-8-15-44(37-43)39-23-30-45(31-24-39)59(47-34-27-42(28-35-47)49-19-10-22-55-57(49)51-17-6-7-21-54(51)61-55)46-32-25-41(26-33-46)48-18-9-20-53-56(48)52-36-29-40-13-4-5-16-50(40)58(52)60-53/h1-37H. The van der Waals surface area contributed by atoms with Crippen molar-refractivity contribution in [1.29, 1.82) is 0 Å². The maximum Gasteiger partial charge on any atom is 0.143 e. The van der Waals surface area contributed by atoms with Crippen molar-refractivity contribution in [2.75, 3.05) is 4.90 Å². The molecule has 2 heterocycles. The fourth-order valence-electron chi connectivity index (χ4n) is 9.15. The first-order valence-corrected chi connectivity index (χ1v) is 21.6. The molecular formula is C58H37NOS. The first kappa shape index (κ1) is 35.2. The highest BCUT2D eigenvalue weighted by molar-refractivity contribution is 7.25. The van der Waals surface area contributed by atoms with Gasteiger partial charge in [-0.3, -0.25) is 0 Å². The number of benzene rings is 10. The van der Waals surface area contributed by atoms with Gasteiger partial charge in [-0.05, 0) is 117 Å². The van der Waals surface area contributed by atoms with Gasteiger partial charge in [0.25, 0.3) is 0 Å². The van der Waals surface area contributed by atoms with E-state index in [0.717, 1.165) is 55.5 Å². The van der Waals surface area contributed by atoms with Gasteiger partial charge in [-0.2, -0.15) is 0 Å². The summed E-state index contributed by atoms with van der Waals surface area (Å²) in [5, 5.41) is 7.22. The lowest BCUT2D eigenvalue weighted by Gasteiger charge is -2.26. The van der Waals surface area contributed by atoms with Crippen LogP contribution < -0.4 is 4.90 Å². The molecule has 0 aliphatic carbocycles. The third-order valence-electron chi connectivity index (χ3n) is 12.1. The van der Waals surface area contributed by atoms with E-state index in [2.05, 4.69) is 229 Å². The fraction of sp³-hybridized carbons (Fsp3) is 0. The Morgan fingerprint density at radius 2 is 0.852 bits per heavy atom. The second-order valence-electron chi connectivity index (χ2n) is 15.6. The second kappa shape index (κ2) is 14.5.